The van der Waals surface area contributed by atoms with Crippen LogP contribution in [-0.2, 0) is 0 Å². The van der Waals surface area contributed by atoms with Crippen LogP contribution in [0.5, 0.6) is 11.5 Å². The third-order valence-electron chi connectivity index (χ3n) is 5.92. The molecular formula is C25H31NO2. The zero-order valence-electron chi connectivity index (χ0n) is 17.0. The van der Waals surface area contributed by atoms with Gasteiger partial charge in [-0.25, -0.2) is 0 Å². The van der Waals surface area contributed by atoms with Crippen molar-refractivity contribution in [3.8, 4) is 11.5 Å². The van der Waals surface area contributed by atoms with Crippen molar-refractivity contribution in [1.82, 2.24) is 5.32 Å². The second kappa shape index (κ2) is 8.83. The van der Waals surface area contributed by atoms with E-state index in [1.54, 1.807) is 7.11 Å². The summed E-state index contributed by atoms with van der Waals surface area (Å²) < 4.78 is 11.9. The van der Waals surface area contributed by atoms with Gasteiger partial charge in [0.2, 0.25) is 0 Å². The summed E-state index contributed by atoms with van der Waals surface area (Å²) >= 11 is 0. The lowest BCUT2D eigenvalue weighted by Crippen LogP contribution is -2.30. The molecule has 3 nitrogen and oxygen atoms in total. The van der Waals surface area contributed by atoms with Gasteiger partial charge in [0.25, 0.3) is 0 Å². The molecule has 2 aromatic carbocycles. The van der Waals surface area contributed by atoms with Gasteiger partial charge in [-0.2, -0.15) is 0 Å². The van der Waals surface area contributed by atoms with E-state index in [-0.39, 0.29) is 0 Å². The minimum absolute atomic E-state index is 0.338. The highest BCUT2D eigenvalue weighted by Crippen LogP contribution is 2.36. The maximum atomic E-state index is 6.30. The summed E-state index contributed by atoms with van der Waals surface area (Å²) in [7, 11) is 1.72. The van der Waals surface area contributed by atoms with E-state index in [9.17, 15) is 0 Å². The first-order valence-corrected chi connectivity index (χ1v) is 10.5. The summed E-state index contributed by atoms with van der Waals surface area (Å²) in [5.41, 5.74) is 5.38. The summed E-state index contributed by atoms with van der Waals surface area (Å²) in [5, 5.41) is 3.60. The van der Waals surface area contributed by atoms with Crippen LogP contribution in [0, 0.1) is 6.92 Å². The molecule has 1 saturated heterocycles. The highest BCUT2D eigenvalue weighted by Gasteiger charge is 2.22. The number of hydrogen-bond donors (Lipinski definition) is 1. The molecule has 3 heteroatoms. The molecule has 1 heterocycles. The molecule has 28 heavy (non-hydrogen) atoms. The third kappa shape index (κ3) is 4.59. The molecule has 1 aliphatic carbocycles. The minimum Gasteiger partial charge on any atom is -0.493 e. The zero-order chi connectivity index (χ0) is 19.3. The van der Waals surface area contributed by atoms with E-state index in [2.05, 4.69) is 60.8 Å². The maximum Gasteiger partial charge on any atom is 0.161 e. The van der Waals surface area contributed by atoms with Crippen LogP contribution < -0.4 is 14.8 Å². The Hall–Kier alpha value is -2.26. The van der Waals surface area contributed by atoms with Gasteiger partial charge in [0, 0.05) is 19.0 Å². The first-order chi connectivity index (χ1) is 13.7. The molecule has 4 rings (SSSR count). The van der Waals surface area contributed by atoms with Gasteiger partial charge in [0.15, 0.2) is 11.5 Å². The van der Waals surface area contributed by atoms with Crippen molar-refractivity contribution in [3.05, 3.63) is 64.7 Å². The number of rotatable bonds is 5. The Kier molecular flexibility index (Phi) is 6.01. The van der Waals surface area contributed by atoms with Crippen LogP contribution in [0.2, 0.25) is 0 Å². The second-order valence-corrected chi connectivity index (χ2v) is 8.18. The molecule has 148 valence electrons. The Balaban J connectivity index is 1.52. The Morgan fingerprint density at radius 3 is 2.68 bits per heavy atom. The van der Waals surface area contributed by atoms with Gasteiger partial charge in [0.05, 0.1) is 13.2 Å². The van der Waals surface area contributed by atoms with Crippen molar-refractivity contribution in [2.45, 2.75) is 51.0 Å². The van der Waals surface area contributed by atoms with Gasteiger partial charge in [0.1, 0.15) is 0 Å². The van der Waals surface area contributed by atoms with Crippen LogP contribution >= 0.6 is 0 Å². The Morgan fingerprint density at radius 2 is 1.89 bits per heavy atom. The smallest absolute Gasteiger partial charge is 0.161 e. The van der Waals surface area contributed by atoms with Gasteiger partial charge in [-0.05, 0) is 62.3 Å². The van der Waals surface area contributed by atoms with E-state index >= 15 is 0 Å². The molecule has 0 unspecified atom stereocenters. The van der Waals surface area contributed by atoms with E-state index < -0.39 is 0 Å². The first-order valence-electron chi connectivity index (χ1n) is 10.5. The monoisotopic (exact) mass is 377 g/mol. The van der Waals surface area contributed by atoms with E-state index in [1.165, 1.54) is 35.1 Å². The molecular weight excluding hydrogens is 346 g/mol. The lowest BCUT2D eigenvalue weighted by atomic mass is 9.88. The molecule has 0 bridgehead atoms. The van der Waals surface area contributed by atoms with Crippen molar-refractivity contribution >= 4 is 6.08 Å². The highest BCUT2D eigenvalue weighted by molar-refractivity contribution is 5.55. The Morgan fingerprint density at radius 1 is 1.04 bits per heavy atom. The third-order valence-corrected chi connectivity index (χ3v) is 5.92. The fourth-order valence-electron chi connectivity index (χ4n) is 4.43. The summed E-state index contributed by atoms with van der Waals surface area (Å²) in [6.45, 7) is 4.11. The maximum absolute atomic E-state index is 6.30. The van der Waals surface area contributed by atoms with E-state index in [1.807, 2.05) is 0 Å². The van der Waals surface area contributed by atoms with Gasteiger partial charge < -0.3 is 14.8 Å². The van der Waals surface area contributed by atoms with Crippen molar-refractivity contribution < 1.29 is 9.47 Å². The molecule has 0 amide bonds. The molecule has 2 aliphatic rings. The number of methoxy groups -OCH3 is 1. The van der Waals surface area contributed by atoms with Gasteiger partial charge in [-0.15, -0.1) is 0 Å². The number of benzene rings is 2. The molecule has 1 atom stereocenters. The lowest BCUT2D eigenvalue weighted by Gasteiger charge is -2.27. The second-order valence-electron chi connectivity index (χ2n) is 8.18. The van der Waals surface area contributed by atoms with Crippen molar-refractivity contribution in [1.29, 1.82) is 0 Å². The highest BCUT2D eigenvalue weighted by atomic mass is 16.5. The molecule has 0 spiro atoms. The zero-order valence-corrected chi connectivity index (χ0v) is 17.0. The van der Waals surface area contributed by atoms with Crippen LogP contribution in [0.3, 0.4) is 0 Å². The van der Waals surface area contributed by atoms with Gasteiger partial charge in [-0.1, -0.05) is 47.5 Å². The Bertz CT molecular complexity index is 836. The molecule has 0 radical (unpaired) electrons. The molecule has 1 N–H and O–H groups in total. The average molecular weight is 378 g/mol. The van der Waals surface area contributed by atoms with Crippen LogP contribution in [0.25, 0.3) is 6.08 Å². The van der Waals surface area contributed by atoms with Crippen LogP contribution in [0.4, 0.5) is 0 Å². The molecule has 1 aliphatic heterocycles. The summed E-state index contributed by atoms with van der Waals surface area (Å²) in [6.07, 6.45) is 8.61. The average Bonchev–Trinajstić information content (AvgIpc) is 3.21. The number of nitrogens with one attached hydrogen (secondary N) is 1. The Labute approximate surface area is 168 Å². The normalized spacial score (nSPS) is 21.8. The van der Waals surface area contributed by atoms with E-state index in [4.69, 9.17) is 9.47 Å². The molecule has 1 saturated carbocycles. The number of ether oxygens (including phenoxy) is 2. The van der Waals surface area contributed by atoms with Gasteiger partial charge in [-0.3, -0.25) is 0 Å². The van der Waals surface area contributed by atoms with Gasteiger partial charge >= 0.3 is 0 Å². The SMILES string of the molecule is COc1ccc([C@H]2CNC/C(=C/c3cccc(C)c3)C2)cc1OC1CCCC1. The predicted molar refractivity (Wildman–Crippen MR) is 115 cm³/mol. The summed E-state index contributed by atoms with van der Waals surface area (Å²) in [6, 6.07) is 15.2. The molecule has 2 fully saturated rings. The number of hydrogen-bond acceptors (Lipinski definition) is 3. The van der Waals surface area contributed by atoms with Crippen molar-refractivity contribution in [2.75, 3.05) is 20.2 Å². The number of aryl methyl sites for hydroxylation is 1. The lowest BCUT2D eigenvalue weighted by molar-refractivity contribution is 0.200. The molecule has 2 aromatic rings. The topological polar surface area (TPSA) is 30.5 Å². The van der Waals surface area contributed by atoms with Crippen LogP contribution in [0.15, 0.2) is 48.0 Å². The van der Waals surface area contributed by atoms with E-state index in [0.29, 0.717) is 12.0 Å². The van der Waals surface area contributed by atoms with Crippen LogP contribution in [-0.4, -0.2) is 26.3 Å². The summed E-state index contributed by atoms with van der Waals surface area (Å²) in [4.78, 5) is 0. The largest absolute Gasteiger partial charge is 0.493 e. The van der Waals surface area contributed by atoms with Crippen molar-refractivity contribution in [2.24, 2.45) is 0 Å². The fourth-order valence-corrected chi connectivity index (χ4v) is 4.43. The molecule has 0 aromatic heterocycles. The predicted octanol–water partition coefficient (Wildman–Crippen LogP) is 5.49. The minimum atomic E-state index is 0.338. The standard InChI is InChI=1S/C25H31NO2/c1-18-6-5-7-19(12-18)13-20-14-22(17-26-16-20)21-10-11-24(27-2)25(15-21)28-23-8-3-4-9-23/h5-7,10-13,15,22-23,26H,3-4,8-9,14,16-17H2,1-2H3/b20-13+/t22-/m1/s1. The van der Waals surface area contributed by atoms with Crippen molar-refractivity contribution in [3.63, 3.8) is 0 Å². The quantitative estimate of drug-likeness (QED) is 0.748. The van der Waals surface area contributed by atoms with Crippen LogP contribution in [0.1, 0.15) is 54.7 Å². The summed E-state index contributed by atoms with van der Waals surface area (Å²) in [5.74, 6) is 2.21. The first kappa shape index (κ1) is 19.1. The fraction of sp³-hybridized carbons (Fsp3) is 0.440. The number of piperidine rings is 1. The van der Waals surface area contributed by atoms with E-state index in [0.717, 1.165) is 43.9 Å².